The minimum atomic E-state index is -0.761. The number of aromatic amines is 1. The molecule has 1 aromatic carbocycles. The smallest absolute Gasteiger partial charge is 0.306 e. The molecule has 4 nitrogen and oxygen atoms in total. The number of carboxylic acids is 1. The van der Waals surface area contributed by atoms with E-state index in [1.165, 1.54) is 0 Å². The number of imidazole rings is 1. The Kier molecular flexibility index (Phi) is 3.23. The third kappa shape index (κ3) is 2.72. The number of hydrogen-bond acceptors (Lipinski definition) is 2. The molecule has 1 aromatic heterocycles. The number of carbonyl (C=O) groups is 1. The Morgan fingerprint density at radius 1 is 1.41 bits per heavy atom. The number of benzene rings is 1. The molecule has 88 valence electrons. The Bertz CT molecular complexity index is 489. The zero-order valence-corrected chi connectivity index (χ0v) is 9.55. The normalized spacial score (nSPS) is 12.3. The molecule has 1 unspecified atom stereocenters. The van der Waals surface area contributed by atoms with E-state index in [1.54, 1.807) is 19.4 Å². The molecule has 17 heavy (non-hydrogen) atoms. The van der Waals surface area contributed by atoms with Gasteiger partial charge in [-0.15, -0.1) is 0 Å². The largest absolute Gasteiger partial charge is 0.481 e. The summed E-state index contributed by atoms with van der Waals surface area (Å²) in [5, 5.41) is 8.83. The van der Waals surface area contributed by atoms with Gasteiger partial charge >= 0.3 is 5.97 Å². The summed E-state index contributed by atoms with van der Waals surface area (Å²) in [5.74, 6) is -1.12. The van der Waals surface area contributed by atoms with E-state index in [-0.39, 0.29) is 5.92 Å². The van der Waals surface area contributed by atoms with Crippen LogP contribution >= 0.6 is 0 Å². The molecule has 0 aliphatic heterocycles. The second kappa shape index (κ2) is 4.82. The van der Waals surface area contributed by atoms with E-state index < -0.39 is 5.97 Å². The molecule has 0 bridgehead atoms. The third-order valence-electron chi connectivity index (χ3n) is 2.73. The van der Waals surface area contributed by atoms with Gasteiger partial charge in [0.15, 0.2) is 0 Å². The quantitative estimate of drug-likeness (QED) is 0.847. The maximum absolute atomic E-state index is 10.7. The van der Waals surface area contributed by atoms with Crippen LogP contribution < -0.4 is 0 Å². The Labute approximate surface area is 99.3 Å². The SMILES string of the molecule is CC(Cc1ccc(-c2cnc[nH]2)cc1)C(=O)O. The zero-order valence-electron chi connectivity index (χ0n) is 9.55. The number of nitrogens with one attached hydrogen (secondary N) is 1. The summed E-state index contributed by atoms with van der Waals surface area (Å²) < 4.78 is 0. The van der Waals surface area contributed by atoms with Crippen LogP contribution in [0.5, 0.6) is 0 Å². The fourth-order valence-corrected chi connectivity index (χ4v) is 1.68. The van der Waals surface area contributed by atoms with Crippen LogP contribution in [-0.4, -0.2) is 21.0 Å². The van der Waals surface area contributed by atoms with E-state index in [2.05, 4.69) is 9.97 Å². The molecule has 0 aliphatic rings. The summed E-state index contributed by atoms with van der Waals surface area (Å²) >= 11 is 0. The average Bonchev–Trinajstić information content (AvgIpc) is 2.83. The van der Waals surface area contributed by atoms with Crippen molar-refractivity contribution in [3.05, 3.63) is 42.4 Å². The highest BCUT2D eigenvalue weighted by molar-refractivity contribution is 5.70. The fourth-order valence-electron chi connectivity index (χ4n) is 1.68. The Balaban J connectivity index is 2.11. The van der Waals surface area contributed by atoms with Crippen LogP contribution in [0, 0.1) is 5.92 Å². The summed E-state index contributed by atoms with van der Waals surface area (Å²) in [6.07, 6.45) is 3.95. The van der Waals surface area contributed by atoms with Crippen LogP contribution in [0.1, 0.15) is 12.5 Å². The van der Waals surface area contributed by atoms with Crippen LogP contribution in [-0.2, 0) is 11.2 Å². The first-order valence-corrected chi connectivity index (χ1v) is 5.47. The van der Waals surface area contributed by atoms with Gasteiger partial charge in [-0.2, -0.15) is 0 Å². The maximum atomic E-state index is 10.7. The number of rotatable bonds is 4. The number of aliphatic carboxylic acids is 1. The molecule has 0 saturated heterocycles. The zero-order chi connectivity index (χ0) is 12.3. The maximum Gasteiger partial charge on any atom is 0.306 e. The van der Waals surface area contributed by atoms with Crippen molar-refractivity contribution < 1.29 is 9.90 Å². The summed E-state index contributed by atoms with van der Waals surface area (Å²) in [4.78, 5) is 17.7. The minimum absolute atomic E-state index is 0.354. The molecular formula is C13H14N2O2. The predicted molar refractivity (Wildman–Crippen MR) is 64.5 cm³/mol. The lowest BCUT2D eigenvalue weighted by Crippen LogP contribution is -2.12. The topological polar surface area (TPSA) is 66.0 Å². The molecular weight excluding hydrogens is 216 g/mol. The van der Waals surface area contributed by atoms with Gasteiger partial charge in [-0.25, -0.2) is 4.98 Å². The van der Waals surface area contributed by atoms with E-state index in [9.17, 15) is 4.79 Å². The van der Waals surface area contributed by atoms with Crippen molar-refractivity contribution in [3.8, 4) is 11.3 Å². The molecule has 0 fully saturated rings. The van der Waals surface area contributed by atoms with Crippen molar-refractivity contribution >= 4 is 5.97 Å². The number of aromatic nitrogens is 2. The van der Waals surface area contributed by atoms with Crippen LogP contribution in [0.15, 0.2) is 36.8 Å². The van der Waals surface area contributed by atoms with Crippen LogP contribution in [0.3, 0.4) is 0 Å². The van der Waals surface area contributed by atoms with Crippen LogP contribution in [0.2, 0.25) is 0 Å². The first-order chi connectivity index (χ1) is 8.16. The van der Waals surface area contributed by atoms with E-state index in [0.717, 1.165) is 16.8 Å². The lowest BCUT2D eigenvalue weighted by atomic mass is 10.00. The summed E-state index contributed by atoms with van der Waals surface area (Å²) in [5.41, 5.74) is 3.04. The highest BCUT2D eigenvalue weighted by Gasteiger charge is 2.11. The summed E-state index contributed by atoms with van der Waals surface area (Å²) in [6, 6.07) is 7.85. The molecule has 1 heterocycles. The van der Waals surface area contributed by atoms with Gasteiger partial charge in [0, 0.05) is 0 Å². The molecule has 1 atom stereocenters. The highest BCUT2D eigenvalue weighted by Crippen LogP contribution is 2.18. The lowest BCUT2D eigenvalue weighted by Gasteiger charge is -2.06. The van der Waals surface area contributed by atoms with Gasteiger partial charge in [0.05, 0.1) is 24.1 Å². The molecule has 0 radical (unpaired) electrons. The van der Waals surface area contributed by atoms with Crippen molar-refractivity contribution in [1.29, 1.82) is 0 Å². The molecule has 2 aromatic rings. The Morgan fingerprint density at radius 3 is 2.65 bits per heavy atom. The van der Waals surface area contributed by atoms with Gasteiger partial charge in [-0.1, -0.05) is 31.2 Å². The second-order valence-electron chi connectivity index (χ2n) is 4.11. The predicted octanol–water partition coefficient (Wildman–Crippen LogP) is 2.34. The van der Waals surface area contributed by atoms with Gasteiger partial charge in [-0.3, -0.25) is 4.79 Å². The van der Waals surface area contributed by atoms with E-state index in [1.807, 2.05) is 24.3 Å². The number of hydrogen-bond donors (Lipinski definition) is 2. The van der Waals surface area contributed by atoms with Crippen LogP contribution in [0.25, 0.3) is 11.3 Å². The van der Waals surface area contributed by atoms with Gasteiger partial charge in [0.25, 0.3) is 0 Å². The fraction of sp³-hybridized carbons (Fsp3) is 0.231. The molecule has 0 amide bonds. The number of H-pyrrole nitrogens is 1. The summed E-state index contributed by atoms with van der Waals surface area (Å²) in [7, 11) is 0. The molecule has 0 aliphatic carbocycles. The van der Waals surface area contributed by atoms with Crippen molar-refractivity contribution in [2.45, 2.75) is 13.3 Å². The first kappa shape index (κ1) is 11.4. The Hall–Kier alpha value is -2.10. The van der Waals surface area contributed by atoms with Crippen molar-refractivity contribution in [1.82, 2.24) is 9.97 Å². The molecule has 0 spiro atoms. The highest BCUT2D eigenvalue weighted by atomic mass is 16.4. The molecule has 2 N–H and O–H groups in total. The van der Waals surface area contributed by atoms with Gasteiger partial charge in [0.2, 0.25) is 0 Å². The Morgan fingerprint density at radius 2 is 2.12 bits per heavy atom. The van der Waals surface area contributed by atoms with Crippen molar-refractivity contribution in [3.63, 3.8) is 0 Å². The minimum Gasteiger partial charge on any atom is -0.481 e. The molecule has 0 saturated carbocycles. The monoisotopic (exact) mass is 230 g/mol. The number of nitrogens with zero attached hydrogens (tertiary/aromatic N) is 1. The standard InChI is InChI=1S/C13H14N2O2/c1-9(13(16)17)6-10-2-4-11(5-3-10)12-7-14-8-15-12/h2-5,7-9H,6H2,1H3,(H,14,15)(H,16,17). The van der Waals surface area contributed by atoms with Crippen LogP contribution in [0.4, 0.5) is 0 Å². The summed E-state index contributed by atoms with van der Waals surface area (Å²) in [6.45, 7) is 1.71. The van der Waals surface area contributed by atoms with E-state index in [4.69, 9.17) is 5.11 Å². The van der Waals surface area contributed by atoms with Gasteiger partial charge in [0.1, 0.15) is 0 Å². The lowest BCUT2D eigenvalue weighted by molar-refractivity contribution is -0.141. The molecule has 4 heteroatoms. The van der Waals surface area contributed by atoms with Crippen molar-refractivity contribution in [2.75, 3.05) is 0 Å². The second-order valence-corrected chi connectivity index (χ2v) is 4.11. The average molecular weight is 230 g/mol. The van der Waals surface area contributed by atoms with E-state index >= 15 is 0 Å². The van der Waals surface area contributed by atoms with E-state index in [0.29, 0.717) is 6.42 Å². The first-order valence-electron chi connectivity index (χ1n) is 5.47. The number of carboxylic acid groups (broad SMARTS) is 1. The van der Waals surface area contributed by atoms with Crippen molar-refractivity contribution in [2.24, 2.45) is 5.92 Å². The van der Waals surface area contributed by atoms with Gasteiger partial charge in [-0.05, 0) is 17.5 Å². The third-order valence-corrected chi connectivity index (χ3v) is 2.73. The molecule has 2 rings (SSSR count). The van der Waals surface area contributed by atoms with Gasteiger partial charge < -0.3 is 10.1 Å².